The second-order valence-corrected chi connectivity index (χ2v) is 8.39. The van der Waals surface area contributed by atoms with Gasteiger partial charge in [-0.2, -0.15) is 0 Å². The lowest BCUT2D eigenvalue weighted by molar-refractivity contribution is -0.316. The molecule has 1 aliphatic heterocycles. The van der Waals surface area contributed by atoms with Crippen molar-refractivity contribution in [2.24, 2.45) is 0 Å². The molecule has 1 atom stereocenters. The van der Waals surface area contributed by atoms with Gasteiger partial charge in [0.2, 0.25) is 5.95 Å². The van der Waals surface area contributed by atoms with Crippen LogP contribution in [-0.2, 0) is 22.5 Å². The van der Waals surface area contributed by atoms with E-state index < -0.39 is 12.1 Å². The molecule has 0 spiro atoms. The number of nitrogens with zero attached hydrogens (tertiary/aromatic N) is 3. The molecule has 0 saturated carbocycles. The second-order valence-electron chi connectivity index (χ2n) is 8.39. The number of anilines is 1. The molecule has 0 N–H and O–H groups in total. The molecule has 2 heterocycles. The van der Waals surface area contributed by atoms with Gasteiger partial charge in [0.15, 0.2) is 0 Å². The molecule has 8 heteroatoms. The van der Waals surface area contributed by atoms with Gasteiger partial charge in [-0.25, -0.2) is 4.98 Å². The maximum Gasteiger partial charge on any atom is 0.262 e. The third kappa shape index (κ3) is 5.56. The minimum absolute atomic E-state index is 0.0608. The summed E-state index contributed by atoms with van der Waals surface area (Å²) in [4.78, 5) is 31.5. The minimum Gasteiger partial charge on any atom is -0.547 e. The molecule has 1 aromatic heterocycles. The number of aromatic nitrogens is 2. The van der Waals surface area contributed by atoms with Crippen LogP contribution in [0.2, 0.25) is 0 Å². The van der Waals surface area contributed by atoms with Crippen molar-refractivity contribution in [1.29, 1.82) is 0 Å². The van der Waals surface area contributed by atoms with E-state index in [1.807, 2.05) is 36.4 Å². The Balaban J connectivity index is 1.46. The van der Waals surface area contributed by atoms with Gasteiger partial charge in [0, 0.05) is 26.1 Å². The van der Waals surface area contributed by atoms with E-state index in [1.165, 1.54) is 6.42 Å². The summed E-state index contributed by atoms with van der Waals surface area (Å²) < 4.78 is 12.8. The average molecular weight is 465 g/mol. The van der Waals surface area contributed by atoms with Gasteiger partial charge in [0.05, 0.1) is 23.4 Å². The molecule has 0 unspecified atom stereocenters. The molecule has 2 aromatic carbocycles. The molecule has 1 saturated heterocycles. The summed E-state index contributed by atoms with van der Waals surface area (Å²) in [5, 5.41) is 11.8. The molecule has 4 rings (SSSR count). The van der Waals surface area contributed by atoms with Crippen molar-refractivity contribution >= 4 is 22.8 Å². The van der Waals surface area contributed by atoms with Crippen molar-refractivity contribution in [2.75, 3.05) is 31.2 Å². The topological polar surface area (TPSA) is 96.7 Å². The van der Waals surface area contributed by atoms with Crippen LogP contribution in [-0.4, -0.2) is 47.9 Å². The Morgan fingerprint density at radius 3 is 2.53 bits per heavy atom. The summed E-state index contributed by atoms with van der Waals surface area (Å²) in [6, 6.07) is 14.6. The van der Waals surface area contributed by atoms with Crippen molar-refractivity contribution in [2.45, 2.75) is 45.3 Å². The van der Waals surface area contributed by atoms with Crippen LogP contribution in [0.5, 0.6) is 5.75 Å². The van der Waals surface area contributed by atoms with E-state index in [-0.39, 0.29) is 12.0 Å². The lowest BCUT2D eigenvalue weighted by Gasteiger charge is -2.29. The van der Waals surface area contributed by atoms with Crippen LogP contribution in [0.4, 0.5) is 5.95 Å². The van der Waals surface area contributed by atoms with Crippen LogP contribution >= 0.6 is 0 Å². The highest BCUT2D eigenvalue weighted by atomic mass is 16.5. The van der Waals surface area contributed by atoms with Gasteiger partial charge < -0.3 is 24.3 Å². The van der Waals surface area contributed by atoms with Gasteiger partial charge >= 0.3 is 0 Å². The Morgan fingerprint density at radius 1 is 1.09 bits per heavy atom. The fourth-order valence-electron chi connectivity index (χ4n) is 4.30. The highest BCUT2D eigenvalue weighted by Gasteiger charge is 2.19. The maximum atomic E-state index is 13.3. The highest BCUT2D eigenvalue weighted by molar-refractivity contribution is 5.78. The number of para-hydroxylation sites is 1. The predicted molar refractivity (Wildman–Crippen MR) is 128 cm³/mol. The zero-order valence-electron chi connectivity index (χ0n) is 19.4. The summed E-state index contributed by atoms with van der Waals surface area (Å²) in [7, 11) is 0. The Morgan fingerprint density at radius 2 is 1.82 bits per heavy atom. The Hall–Kier alpha value is -3.39. The van der Waals surface area contributed by atoms with E-state index in [4.69, 9.17) is 14.5 Å². The van der Waals surface area contributed by atoms with E-state index in [0.717, 1.165) is 31.5 Å². The van der Waals surface area contributed by atoms with Crippen LogP contribution in [0.3, 0.4) is 0 Å². The zero-order valence-corrected chi connectivity index (χ0v) is 19.4. The van der Waals surface area contributed by atoms with Crippen LogP contribution in [0.25, 0.3) is 10.9 Å². The molecule has 180 valence electrons. The van der Waals surface area contributed by atoms with E-state index in [9.17, 15) is 14.7 Å². The first-order chi connectivity index (χ1) is 16.6. The van der Waals surface area contributed by atoms with Crippen LogP contribution in [0.15, 0.2) is 53.3 Å². The molecule has 8 nitrogen and oxygen atoms in total. The minimum atomic E-state index is -1.22. The SMILES string of the molecule is CCO[C@@H](Cc1ccc(OCCn2c(N3CCCCC3)nc3ccccc3c2=O)cc1)C(=O)[O-]. The predicted octanol–water partition coefficient (Wildman–Crippen LogP) is 2.16. The number of hydrogen-bond acceptors (Lipinski definition) is 7. The molecule has 0 amide bonds. The summed E-state index contributed by atoms with van der Waals surface area (Å²) >= 11 is 0. The maximum absolute atomic E-state index is 13.3. The van der Waals surface area contributed by atoms with Gasteiger partial charge in [-0.3, -0.25) is 9.36 Å². The largest absolute Gasteiger partial charge is 0.547 e. The molecule has 0 aliphatic carbocycles. The number of carbonyl (C=O) groups is 1. The second kappa shape index (κ2) is 11.2. The number of rotatable bonds is 10. The summed E-state index contributed by atoms with van der Waals surface area (Å²) in [6.07, 6.45) is 2.63. The average Bonchev–Trinajstić information content (AvgIpc) is 2.86. The monoisotopic (exact) mass is 464 g/mol. The van der Waals surface area contributed by atoms with E-state index >= 15 is 0 Å². The molecule has 0 radical (unpaired) electrons. The molecule has 1 aliphatic rings. The normalized spacial score (nSPS) is 14.8. The van der Waals surface area contributed by atoms with Crippen molar-refractivity contribution < 1.29 is 19.4 Å². The van der Waals surface area contributed by atoms with Crippen molar-refractivity contribution in [3.63, 3.8) is 0 Å². The number of hydrogen-bond donors (Lipinski definition) is 0. The fourth-order valence-corrected chi connectivity index (χ4v) is 4.30. The summed E-state index contributed by atoms with van der Waals surface area (Å²) in [5.41, 5.74) is 1.47. The van der Waals surface area contributed by atoms with E-state index in [1.54, 1.807) is 23.6 Å². The Labute approximate surface area is 198 Å². The number of ether oxygens (including phenoxy) is 2. The number of aliphatic carboxylic acids is 1. The van der Waals surface area contributed by atoms with Gasteiger partial charge in [0.25, 0.3) is 5.56 Å². The van der Waals surface area contributed by atoms with Crippen LogP contribution in [0.1, 0.15) is 31.7 Å². The molecule has 1 fully saturated rings. The fraction of sp³-hybridized carbons (Fsp3) is 0.423. The molecule has 34 heavy (non-hydrogen) atoms. The summed E-state index contributed by atoms with van der Waals surface area (Å²) in [6.45, 7) is 4.52. The van der Waals surface area contributed by atoms with Crippen molar-refractivity contribution in [1.82, 2.24) is 9.55 Å². The van der Waals surface area contributed by atoms with Crippen LogP contribution < -0.4 is 20.3 Å². The van der Waals surface area contributed by atoms with Gasteiger partial charge in [-0.15, -0.1) is 0 Å². The number of piperidine rings is 1. The lowest BCUT2D eigenvalue weighted by Crippen LogP contribution is -2.39. The first-order valence-electron chi connectivity index (χ1n) is 11.9. The van der Waals surface area contributed by atoms with Gasteiger partial charge in [-0.1, -0.05) is 24.3 Å². The molecule has 0 bridgehead atoms. The van der Waals surface area contributed by atoms with Crippen molar-refractivity contribution in [3.05, 3.63) is 64.4 Å². The van der Waals surface area contributed by atoms with Crippen molar-refractivity contribution in [3.8, 4) is 5.75 Å². The third-order valence-electron chi connectivity index (χ3n) is 6.04. The Kier molecular flexibility index (Phi) is 7.80. The summed E-state index contributed by atoms with van der Waals surface area (Å²) in [5.74, 6) is 0.124. The molecule has 3 aromatic rings. The van der Waals surface area contributed by atoms with E-state index in [0.29, 0.717) is 42.4 Å². The van der Waals surface area contributed by atoms with Gasteiger partial charge in [-0.05, 0) is 56.0 Å². The first kappa shape index (κ1) is 23.8. The van der Waals surface area contributed by atoms with E-state index in [2.05, 4.69) is 4.90 Å². The number of carboxylic acid groups (broad SMARTS) is 1. The first-order valence-corrected chi connectivity index (χ1v) is 11.9. The standard InChI is InChI=1S/C26H31N3O5/c1-2-33-23(25(31)32)18-19-10-12-20(13-11-19)34-17-16-29-24(30)21-8-4-5-9-22(21)27-26(29)28-14-6-3-7-15-28/h4-5,8-13,23H,2-3,6-7,14-18H2,1H3,(H,31,32)/p-1/t23-/m0/s1. The smallest absolute Gasteiger partial charge is 0.262 e. The Bertz CT molecular complexity index is 1170. The number of carboxylic acids is 1. The zero-order chi connectivity index (χ0) is 23.9. The molecular weight excluding hydrogens is 434 g/mol. The highest BCUT2D eigenvalue weighted by Crippen LogP contribution is 2.20. The van der Waals surface area contributed by atoms with Gasteiger partial charge in [0.1, 0.15) is 18.5 Å². The third-order valence-corrected chi connectivity index (χ3v) is 6.04. The van der Waals surface area contributed by atoms with Crippen LogP contribution in [0, 0.1) is 0 Å². The molecular formula is C26H30N3O5-. The number of carbonyl (C=O) groups excluding carboxylic acids is 1. The number of benzene rings is 2. The quantitative estimate of drug-likeness (QED) is 0.454. The number of fused-ring (bicyclic) bond motifs is 1. The lowest BCUT2D eigenvalue weighted by atomic mass is 10.1.